The summed E-state index contributed by atoms with van der Waals surface area (Å²) in [6.07, 6.45) is 0.351. The first-order valence-corrected chi connectivity index (χ1v) is 8.17. The van der Waals surface area contributed by atoms with Crippen molar-refractivity contribution < 1.29 is 4.79 Å². The molecule has 5 nitrogen and oxygen atoms in total. The normalized spacial score (nSPS) is 10.1. The fourth-order valence-corrected chi connectivity index (χ4v) is 3.22. The summed E-state index contributed by atoms with van der Waals surface area (Å²) in [5.74, 6) is 0.490. The van der Waals surface area contributed by atoms with E-state index in [2.05, 4.69) is 21.4 Å². The number of carbonyl (C=O) groups is 1. The number of pyridine rings is 1. The van der Waals surface area contributed by atoms with Crippen molar-refractivity contribution in [3.8, 4) is 6.07 Å². The van der Waals surface area contributed by atoms with Crippen molar-refractivity contribution in [3.63, 3.8) is 0 Å². The van der Waals surface area contributed by atoms with Crippen molar-refractivity contribution in [1.82, 2.24) is 9.97 Å². The lowest BCUT2D eigenvalue weighted by Crippen LogP contribution is -2.12. The lowest BCUT2D eigenvalue weighted by atomic mass is 10.3. The second kappa shape index (κ2) is 7.20. The average Bonchev–Trinajstić information content (AvgIpc) is 2.84. The highest BCUT2D eigenvalue weighted by Crippen LogP contribution is 2.21. The molecule has 0 aliphatic carbocycles. The minimum Gasteiger partial charge on any atom is -0.302 e. The SMILES string of the molecule is Cc1csc(NC(=O)CCSc2nc(C)ccc2C#N)n1. The van der Waals surface area contributed by atoms with Gasteiger partial charge in [0.15, 0.2) is 5.13 Å². The topological polar surface area (TPSA) is 78.7 Å². The van der Waals surface area contributed by atoms with Crippen LogP contribution in [-0.4, -0.2) is 21.6 Å². The number of thioether (sulfide) groups is 1. The molecule has 21 heavy (non-hydrogen) atoms. The number of carbonyl (C=O) groups excluding carboxylic acids is 1. The van der Waals surface area contributed by atoms with E-state index in [4.69, 9.17) is 5.26 Å². The molecule has 2 aromatic heterocycles. The predicted octanol–water partition coefficient (Wildman–Crippen LogP) is 3.15. The standard InChI is InChI=1S/C14H14N4OS2/c1-9-3-4-11(7-15)13(16-9)20-6-5-12(19)18-14-17-10(2)8-21-14/h3-4,8H,5-6H2,1-2H3,(H,17,18,19). The molecule has 2 aromatic rings. The number of aromatic nitrogens is 2. The van der Waals surface area contributed by atoms with Gasteiger partial charge in [0.1, 0.15) is 11.1 Å². The van der Waals surface area contributed by atoms with Crippen molar-refractivity contribution in [2.45, 2.75) is 25.3 Å². The Labute approximate surface area is 131 Å². The van der Waals surface area contributed by atoms with Crippen molar-refractivity contribution in [2.75, 3.05) is 11.1 Å². The first-order valence-electron chi connectivity index (χ1n) is 6.31. The van der Waals surface area contributed by atoms with Crippen LogP contribution in [0.15, 0.2) is 22.5 Å². The molecule has 0 aliphatic heterocycles. The number of anilines is 1. The summed E-state index contributed by atoms with van der Waals surface area (Å²) in [5.41, 5.74) is 2.30. The van der Waals surface area contributed by atoms with Crippen LogP contribution >= 0.6 is 23.1 Å². The van der Waals surface area contributed by atoms with Crippen LogP contribution in [0.25, 0.3) is 0 Å². The Kier molecular flexibility index (Phi) is 5.31. The Morgan fingerprint density at radius 1 is 1.38 bits per heavy atom. The van der Waals surface area contributed by atoms with Crippen LogP contribution in [0.4, 0.5) is 5.13 Å². The summed E-state index contributed by atoms with van der Waals surface area (Å²) in [6.45, 7) is 3.76. The zero-order valence-electron chi connectivity index (χ0n) is 11.7. The lowest BCUT2D eigenvalue weighted by molar-refractivity contribution is -0.115. The van der Waals surface area contributed by atoms with Gasteiger partial charge in [-0.05, 0) is 26.0 Å². The van der Waals surface area contributed by atoms with Gasteiger partial charge in [0.25, 0.3) is 0 Å². The van der Waals surface area contributed by atoms with E-state index in [1.54, 1.807) is 12.1 Å². The molecule has 1 amide bonds. The number of thiazole rings is 1. The molecule has 0 bridgehead atoms. The van der Waals surface area contributed by atoms with Gasteiger partial charge in [0.2, 0.25) is 5.91 Å². The van der Waals surface area contributed by atoms with Crippen molar-refractivity contribution in [3.05, 3.63) is 34.5 Å². The molecule has 0 fully saturated rings. The van der Waals surface area contributed by atoms with Crippen molar-refractivity contribution in [1.29, 1.82) is 5.26 Å². The number of nitrogens with zero attached hydrogens (tertiary/aromatic N) is 3. The summed E-state index contributed by atoms with van der Waals surface area (Å²) < 4.78 is 0. The zero-order valence-corrected chi connectivity index (χ0v) is 13.3. The second-order valence-corrected chi connectivity index (χ2v) is 6.30. The number of amides is 1. The van der Waals surface area contributed by atoms with Crippen LogP contribution in [0.3, 0.4) is 0 Å². The van der Waals surface area contributed by atoms with E-state index in [-0.39, 0.29) is 5.91 Å². The van der Waals surface area contributed by atoms with Crippen LogP contribution in [0.2, 0.25) is 0 Å². The fourth-order valence-electron chi connectivity index (χ4n) is 1.56. The maximum Gasteiger partial charge on any atom is 0.226 e. The minimum atomic E-state index is -0.0805. The molecule has 0 spiro atoms. The van der Waals surface area contributed by atoms with Gasteiger partial charge < -0.3 is 5.32 Å². The summed E-state index contributed by atoms with van der Waals surface area (Å²) in [4.78, 5) is 20.3. The second-order valence-electron chi connectivity index (χ2n) is 4.36. The Bertz CT molecular complexity index is 691. The molecular weight excluding hydrogens is 304 g/mol. The van der Waals surface area contributed by atoms with E-state index in [1.807, 2.05) is 19.2 Å². The summed E-state index contributed by atoms with van der Waals surface area (Å²) >= 11 is 2.83. The molecule has 108 valence electrons. The largest absolute Gasteiger partial charge is 0.302 e. The van der Waals surface area contributed by atoms with Gasteiger partial charge in [-0.3, -0.25) is 4.79 Å². The first-order chi connectivity index (χ1) is 10.1. The molecule has 0 saturated heterocycles. The number of nitriles is 1. The Morgan fingerprint density at radius 2 is 2.19 bits per heavy atom. The third-order valence-electron chi connectivity index (χ3n) is 2.55. The molecule has 0 saturated carbocycles. The zero-order chi connectivity index (χ0) is 15.2. The quantitative estimate of drug-likeness (QED) is 0.857. The van der Waals surface area contributed by atoms with Crippen molar-refractivity contribution in [2.24, 2.45) is 0 Å². The molecule has 7 heteroatoms. The monoisotopic (exact) mass is 318 g/mol. The van der Waals surface area contributed by atoms with E-state index in [9.17, 15) is 4.79 Å². The molecule has 0 radical (unpaired) electrons. The van der Waals surface area contributed by atoms with Gasteiger partial charge in [-0.2, -0.15) is 5.26 Å². The summed E-state index contributed by atoms with van der Waals surface area (Å²) in [5, 5.41) is 15.0. The van der Waals surface area contributed by atoms with Crippen LogP contribution in [-0.2, 0) is 4.79 Å². The Balaban J connectivity index is 1.85. The summed E-state index contributed by atoms with van der Waals surface area (Å²) in [6, 6.07) is 5.67. The molecule has 0 aromatic carbocycles. The maximum atomic E-state index is 11.8. The molecule has 0 unspecified atom stereocenters. The van der Waals surface area contributed by atoms with Crippen LogP contribution in [0.1, 0.15) is 23.4 Å². The first kappa shape index (κ1) is 15.5. The highest BCUT2D eigenvalue weighted by Gasteiger charge is 2.08. The molecule has 2 rings (SSSR count). The highest BCUT2D eigenvalue weighted by molar-refractivity contribution is 7.99. The Hall–Kier alpha value is -1.91. The Morgan fingerprint density at radius 3 is 2.86 bits per heavy atom. The number of nitrogens with one attached hydrogen (secondary N) is 1. The number of aryl methyl sites for hydroxylation is 2. The van der Waals surface area contributed by atoms with Gasteiger partial charge >= 0.3 is 0 Å². The molecule has 0 atom stereocenters. The molecule has 2 heterocycles. The third kappa shape index (κ3) is 4.55. The van der Waals surface area contributed by atoms with Gasteiger partial charge in [-0.1, -0.05) is 0 Å². The smallest absolute Gasteiger partial charge is 0.226 e. The summed E-state index contributed by atoms with van der Waals surface area (Å²) in [7, 11) is 0. The molecular formula is C14H14N4OS2. The molecule has 0 aliphatic rings. The van der Waals surface area contributed by atoms with Crippen LogP contribution in [0, 0.1) is 25.2 Å². The number of hydrogen-bond donors (Lipinski definition) is 1. The average molecular weight is 318 g/mol. The van der Waals surface area contributed by atoms with E-state index in [1.165, 1.54) is 23.1 Å². The minimum absolute atomic E-state index is 0.0805. The lowest BCUT2D eigenvalue weighted by Gasteiger charge is -2.04. The van der Waals surface area contributed by atoms with Gasteiger partial charge in [0, 0.05) is 23.2 Å². The van der Waals surface area contributed by atoms with Crippen LogP contribution < -0.4 is 5.32 Å². The van der Waals surface area contributed by atoms with Gasteiger partial charge in [-0.15, -0.1) is 23.1 Å². The van der Waals surface area contributed by atoms with Gasteiger partial charge in [-0.25, -0.2) is 9.97 Å². The van der Waals surface area contributed by atoms with Gasteiger partial charge in [0.05, 0.1) is 11.3 Å². The van der Waals surface area contributed by atoms with E-state index < -0.39 is 0 Å². The predicted molar refractivity (Wildman–Crippen MR) is 84.5 cm³/mol. The third-order valence-corrected chi connectivity index (χ3v) is 4.42. The fraction of sp³-hybridized carbons (Fsp3) is 0.286. The van der Waals surface area contributed by atoms with E-state index in [0.717, 1.165) is 11.4 Å². The number of rotatable bonds is 5. The number of hydrogen-bond acceptors (Lipinski definition) is 6. The van der Waals surface area contributed by atoms with Crippen molar-refractivity contribution >= 4 is 34.1 Å². The maximum absolute atomic E-state index is 11.8. The van der Waals surface area contributed by atoms with E-state index in [0.29, 0.717) is 27.9 Å². The molecule has 1 N–H and O–H groups in total. The van der Waals surface area contributed by atoms with Crippen LogP contribution in [0.5, 0.6) is 0 Å². The highest BCUT2D eigenvalue weighted by atomic mass is 32.2. The van der Waals surface area contributed by atoms with E-state index >= 15 is 0 Å².